The van der Waals surface area contributed by atoms with Crippen LogP contribution in [0.3, 0.4) is 0 Å². The van der Waals surface area contributed by atoms with Crippen molar-refractivity contribution in [3.05, 3.63) is 0 Å². The number of carbonyl (C=O) groups excluding carboxylic acids is 2. The first-order valence-corrected chi connectivity index (χ1v) is 8.07. The lowest BCUT2D eigenvalue weighted by Gasteiger charge is -2.39. The zero-order valence-corrected chi connectivity index (χ0v) is 13.3. The summed E-state index contributed by atoms with van der Waals surface area (Å²) in [6.45, 7) is 4.70. The van der Waals surface area contributed by atoms with Gasteiger partial charge in [0.15, 0.2) is 0 Å². The average Bonchev–Trinajstić information content (AvgIpc) is 3.18. The van der Waals surface area contributed by atoms with E-state index in [1.54, 1.807) is 0 Å². The van der Waals surface area contributed by atoms with Gasteiger partial charge in [0.2, 0.25) is 11.8 Å². The van der Waals surface area contributed by atoms with Gasteiger partial charge in [0.05, 0.1) is 18.5 Å². The molecule has 1 saturated heterocycles. The molecule has 7 nitrogen and oxygen atoms in total. The van der Waals surface area contributed by atoms with Crippen LogP contribution in [0, 0.1) is 5.92 Å². The lowest BCUT2D eigenvalue weighted by molar-refractivity contribution is -0.133. The Morgan fingerprint density at radius 2 is 1.95 bits per heavy atom. The smallest absolute Gasteiger partial charge is 0.426 e. The minimum Gasteiger partial charge on any atom is -0.426 e. The Morgan fingerprint density at radius 1 is 1.27 bits per heavy atom. The second kappa shape index (κ2) is 7.43. The molecular weight excluding hydrogens is 285 g/mol. The highest BCUT2D eigenvalue weighted by Gasteiger charge is 2.42. The number of rotatable bonds is 8. The molecule has 4 N–H and O–H groups in total. The SMILES string of the molecule is CC(C)CC(NC(=O)CNC(=O)C1CCN1C1CC1)B(O)O. The predicted molar refractivity (Wildman–Crippen MR) is 82.7 cm³/mol. The molecule has 2 aliphatic rings. The minimum atomic E-state index is -1.60. The summed E-state index contributed by atoms with van der Waals surface area (Å²) in [5.41, 5.74) is 0. The number of amides is 2. The van der Waals surface area contributed by atoms with Crippen molar-refractivity contribution in [3.8, 4) is 0 Å². The summed E-state index contributed by atoms with van der Waals surface area (Å²) in [6, 6.07) is 0.452. The van der Waals surface area contributed by atoms with Crippen molar-refractivity contribution in [2.24, 2.45) is 5.92 Å². The molecule has 2 rings (SSSR count). The van der Waals surface area contributed by atoms with Crippen LogP contribution >= 0.6 is 0 Å². The lowest BCUT2D eigenvalue weighted by atomic mass is 9.75. The molecule has 0 bridgehead atoms. The number of hydrogen-bond donors (Lipinski definition) is 4. The van der Waals surface area contributed by atoms with E-state index < -0.39 is 19.0 Å². The van der Waals surface area contributed by atoms with E-state index >= 15 is 0 Å². The van der Waals surface area contributed by atoms with E-state index in [0.717, 1.165) is 25.8 Å². The third-order valence-corrected chi connectivity index (χ3v) is 4.23. The zero-order valence-electron chi connectivity index (χ0n) is 13.3. The first kappa shape index (κ1) is 17.2. The predicted octanol–water partition coefficient (Wildman–Crippen LogP) is -1.12. The molecule has 0 aromatic rings. The second-order valence-corrected chi connectivity index (χ2v) is 6.71. The molecule has 124 valence electrons. The maximum atomic E-state index is 12.0. The second-order valence-electron chi connectivity index (χ2n) is 6.71. The van der Waals surface area contributed by atoms with Crippen LogP contribution in [0.1, 0.15) is 39.5 Å². The summed E-state index contributed by atoms with van der Waals surface area (Å²) < 4.78 is 0. The van der Waals surface area contributed by atoms with Crippen LogP contribution in [-0.2, 0) is 9.59 Å². The fourth-order valence-electron chi connectivity index (χ4n) is 2.84. The number of likely N-dealkylation sites (tertiary alicyclic amines) is 1. The Balaban J connectivity index is 1.71. The van der Waals surface area contributed by atoms with Crippen LogP contribution in [-0.4, -0.2) is 65.0 Å². The molecule has 1 aliphatic carbocycles. The summed E-state index contributed by atoms with van der Waals surface area (Å²) in [7, 11) is -1.60. The molecule has 8 heteroatoms. The highest BCUT2D eigenvalue weighted by atomic mass is 16.4. The van der Waals surface area contributed by atoms with Gasteiger partial charge in [-0.1, -0.05) is 13.8 Å². The molecule has 0 radical (unpaired) electrons. The van der Waals surface area contributed by atoms with Crippen molar-refractivity contribution in [1.29, 1.82) is 0 Å². The first-order chi connectivity index (χ1) is 10.4. The molecule has 2 atom stereocenters. The molecule has 2 unspecified atom stereocenters. The summed E-state index contributed by atoms with van der Waals surface area (Å²) in [5, 5.41) is 23.7. The maximum absolute atomic E-state index is 12.0. The Labute approximate surface area is 131 Å². The van der Waals surface area contributed by atoms with Crippen LogP contribution in [0.2, 0.25) is 0 Å². The fraction of sp³-hybridized carbons (Fsp3) is 0.857. The van der Waals surface area contributed by atoms with E-state index in [0.29, 0.717) is 12.5 Å². The van der Waals surface area contributed by atoms with Gasteiger partial charge in [-0.05, 0) is 31.6 Å². The van der Waals surface area contributed by atoms with Gasteiger partial charge in [0.25, 0.3) is 0 Å². The van der Waals surface area contributed by atoms with Gasteiger partial charge in [-0.3, -0.25) is 14.5 Å². The van der Waals surface area contributed by atoms with Crippen molar-refractivity contribution >= 4 is 18.9 Å². The highest BCUT2D eigenvalue weighted by Crippen LogP contribution is 2.34. The van der Waals surface area contributed by atoms with Crippen molar-refractivity contribution in [2.75, 3.05) is 13.1 Å². The third kappa shape index (κ3) is 4.69. The van der Waals surface area contributed by atoms with Gasteiger partial charge < -0.3 is 20.7 Å². The monoisotopic (exact) mass is 311 g/mol. The summed E-state index contributed by atoms with van der Waals surface area (Å²) in [4.78, 5) is 26.1. The molecule has 1 aliphatic heterocycles. The van der Waals surface area contributed by atoms with Gasteiger partial charge in [-0.15, -0.1) is 0 Å². The number of nitrogens with zero attached hydrogens (tertiary/aromatic N) is 1. The van der Waals surface area contributed by atoms with Gasteiger partial charge in [0, 0.05) is 12.6 Å². The molecule has 22 heavy (non-hydrogen) atoms. The first-order valence-electron chi connectivity index (χ1n) is 8.07. The molecule has 0 spiro atoms. The third-order valence-electron chi connectivity index (χ3n) is 4.23. The quantitative estimate of drug-likeness (QED) is 0.426. The van der Waals surface area contributed by atoms with Gasteiger partial charge in [-0.2, -0.15) is 0 Å². The summed E-state index contributed by atoms with van der Waals surface area (Å²) >= 11 is 0. The number of carbonyl (C=O) groups is 2. The van der Waals surface area contributed by atoms with Crippen LogP contribution in [0.4, 0.5) is 0 Å². The Hall–Kier alpha value is -1.12. The van der Waals surface area contributed by atoms with Crippen LogP contribution < -0.4 is 10.6 Å². The van der Waals surface area contributed by atoms with Crippen molar-refractivity contribution in [2.45, 2.75) is 57.6 Å². The van der Waals surface area contributed by atoms with Crippen molar-refractivity contribution in [3.63, 3.8) is 0 Å². The fourth-order valence-corrected chi connectivity index (χ4v) is 2.84. The molecule has 2 amide bonds. The van der Waals surface area contributed by atoms with E-state index in [2.05, 4.69) is 15.5 Å². The number of nitrogens with one attached hydrogen (secondary N) is 2. The van der Waals surface area contributed by atoms with Gasteiger partial charge >= 0.3 is 7.12 Å². The summed E-state index contributed by atoms with van der Waals surface area (Å²) in [5.74, 6) is -0.998. The van der Waals surface area contributed by atoms with E-state index in [-0.39, 0.29) is 24.4 Å². The Bertz CT molecular complexity index is 415. The Kier molecular flexibility index (Phi) is 5.83. The molecule has 1 heterocycles. The average molecular weight is 311 g/mol. The molecule has 2 fully saturated rings. The largest absolute Gasteiger partial charge is 0.475 e. The van der Waals surface area contributed by atoms with E-state index in [4.69, 9.17) is 0 Å². The van der Waals surface area contributed by atoms with Crippen LogP contribution in [0.5, 0.6) is 0 Å². The molecular formula is C14H26BN3O4. The molecule has 0 aromatic heterocycles. The molecule has 0 aromatic carbocycles. The van der Waals surface area contributed by atoms with Gasteiger partial charge in [-0.25, -0.2) is 0 Å². The van der Waals surface area contributed by atoms with E-state index in [9.17, 15) is 19.6 Å². The summed E-state index contributed by atoms with van der Waals surface area (Å²) in [6.07, 6.45) is 3.63. The van der Waals surface area contributed by atoms with Crippen molar-refractivity contribution in [1.82, 2.24) is 15.5 Å². The lowest BCUT2D eigenvalue weighted by Crippen LogP contribution is -2.58. The van der Waals surface area contributed by atoms with Gasteiger partial charge in [0.1, 0.15) is 0 Å². The topological polar surface area (TPSA) is 102 Å². The highest BCUT2D eigenvalue weighted by molar-refractivity contribution is 6.43. The van der Waals surface area contributed by atoms with Crippen LogP contribution in [0.25, 0.3) is 0 Å². The normalized spacial score (nSPS) is 22.9. The standard InChI is InChI=1S/C14H26BN3O4/c1-9(2)7-12(15(21)22)17-13(19)8-16-14(20)11-5-6-18(11)10-3-4-10/h9-12,21-22H,3-8H2,1-2H3,(H,16,20)(H,17,19). The van der Waals surface area contributed by atoms with E-state index in [1.165, 1.54) is 0 Å². The zero-order chi connectivity index (χ0) is 16.3. The maximum Gasteiger partial charge on any atom is 0.475 e. The Morgan fingerprint density at radius 3 is 2.41 bits per heavy atom. The van der Waals surface area contributed by atoms with Crippen LogP contribution in [0.15, 0.2) is 0 Å². The molecule has 1 saturated carbocycles. The van der Waals surface area contributed by atoms with E-state index in [1.807, 2.05) is 13.8 Å². The van der Waals surface area contributed by atoms with Crippen molar-refractivity contribution < 1.29 is 19.6 Å². The minimum absolute atomic E-state index is 0.102. The number of hydrogen-bond acceptors (Lipinski definition) is 5.